The van der Waals surface area contributed by atoms with E-state index in [9.17, 15) is 13.7 Å². The third-order valence-electron chi connectivity index (χ3n) is 6.32. The van der Waals surface area contributed by atoms with E-state index in [0.717, 1.165) is 38.9 Å². The van der Waals surface area contributed by atoms with Gasteiger partial charge in [0.25, 0.3) is 0 Å². The zero-order chi connectivity index (χ0) is 23.2. The summed E-state index contributed by atoms with van der Waals surface area (Å²) in [7, 11) is -3.33. The molecule has 0 aliphatic carbocycles. The number of aromatic amines is 1. The van der Waals surface area contributed by atoms with Gasteiger partial charge >= 0.3 is 0 Å². The molecular weight excluding hydrogens is 440 g/mol. The molecule has 0 radical (unpaired) electrons. The highest BCUT2D eigenvalue weighted by molar-refractivity contribution is 7.89. The van der Waals surface area contributed by atoms with E-state index in [1.807, 2.05) is 48.1 Å². The average Bonchev–Trinajstić information content (AvgIpc) is 3.41. The number of rotatable bonds is 7. The Morgan fingerprint density at radius 3 is 2.76 bits per heavy atom. The highest BCUT2D eigenvalue weighted by atomic mass is 32.2. The molecule has 33 heavy (non-hydrogen) atoms. The number of aromatic nitrogens is 4. The molecule has 170 valence electrons. The van der Waals surface area contributed by atoms with Crippen molar-refractivity contribution in [2.75, 3.05) is 25.4 Å². The molecule has 5 rings (SSSR count). The molecule has 1 saturated heterocycles. The number of sulfonamides is 1. The Hall–Kier alpha value is -3.42. The van der Waals surface area contributed by atoms with E-state index < -0.39 is 15.6 Å². The van der Waals surface area contributed by atoms with E-state index >= 15 is 0 Å². The molecule has 3 aromatic heterocycles. The van der Waals surface area contributed by atoms with Crippen molar-refractivity contribution in [2.24, 2.45) is 0 Å². The van der Waals surface area contributed by atoms with Crippen LogP contribution in [0.5, 0.6) is 5.75 Å². The van der Waals surface area contributed by atoms with Crippen molar-refractivity contribution < 1.29 is 13.2 Å². The largest absolute Gasteiger partial charge is 0.494 e. The smallest absolute Gasteiger partial charge is 0.213 e. The first-order valence-corrected chi connectivity index (χ1v) is 12.4. The third kappa shape index (κ3) is 3.35. The number of hydrogen-bond donors (Lipinski definition) is 1. The van der Waals surface area contributed by atoms with Crippen LogP contribution in [0.3, 0.4) is 0 Å². The second-order valence-electron chi connectivity index (χ2n) is 8.21. The molecule has 1 N–H and O–H groups in total. The fraction of sp³-hybridized carbons (Fsp3) is 0.348. The minimum absolute atomic E-state index is 0.0359. The van der Waals surface area contributed by atoms with Crippen LogP contribution in [0.25, 0.3) is 33.2 Å². The average molecular weight is 465 g/mol. The fourth-order valence-corrected chi connectivity index (χ4v) is 5.86. The number of nitriles is 1. The van der Waals surface area contributed by atoms with Crippen LogP contribution < -0.4 is 4.74 Å². The maximum Gasteiger partial charge on any atom is 0.213 e. The second-order valence-corrected chi connectivity index (χ2v) is 10.5. The lowest BCUT2D eigenvalue weighted by Gasteiger charge is -2.49. The normalized spacial score (nSPS) is 16.0. The van der Waals surface area contributed by atoms with Gasteiger partial charge in [0, 0.05) is 47.9 Å². The minimum Gasteiger partial charge on any atom is -0.494 e. The number of fused-ring (bicyclic) bond motifs is 2. The molecule has 1 aliphatic rings. The van der Waals surface area contributed by atoms with Crippen molar-refractivity contribution in [3.8, 4) is 23.1 Å². The molecule has 0 amide bonds. The lowest BCUT2D eigenvalue weighted by Crippen LogP contribution is -2.64. The SMILES string of the molecule is CCOc1ccc2c(-c3ncnc4[nH]ccc34)cn(C3(CC#N)CN(S(=O)(=O)CC)C3)c2c1. The van der Waals surface area contributed by atoms with Gasteiger partial charge < -0.3 is 14.3 Å². The standard InChI is InChI=1S/C23H24N6O3S/c1-3-32-16-5-6-17-19(21-18-7-10-25-22(18)27-15-26-21)12-29(20(17)11-16)23(8-9-24)13-28(14-23)33(30,31)4-2/h5-7,10-12,15H,3-4,8,13-14H2,1-2H3,(H,25,26,27). The van der Waals surface area contributed by atoms with Gasteiger partial charge in [-0.3, -0.25) is 0 Å². The summed E-state index contributed by atoms with van der Waals surface area (Å²) in [6.07, 6.45) is 5.53. The molecule has 0 saturated carbocycles. The Balaban J connectivity index is 1.72. The minimum atomic E-state index is -3.33. The van der Waals surface area contributed by atoms with Crippen molar-refractivity contribution in [3.63, 3.8) is 0 Å². The van der Waals surface area contributed by atoms with E-state index in [-0.39, 0.29) is 25.3 Å². The Morgan fingerprint density at radius 2 is 2.03 bits per heavy atom. The Kier molecular flexibility index (Phi) is 5.11. The number of H-pyrrole nitrogens is 1. The summed E-state index contributed by atoms with van der Waals surface area (Å²) in [5.74, 6) is 0.753. The van der Waals surface area contributed by atoms with Gasteiger partial charge in [-0.1, -0.05) is 0 Å². The van der Waals surface area contributed by atoms with Gasteiger partial charge in [0.2, 0.25) is 10.0 Å². The summed E-state index contributed by atoms with van der Waals surface area (Å²) in [6, 6.07) is 10.1. The zero-order valence-corrected chi connectivity index (χ0v) is 19.3. The number of benzene rings is 1. The maximum absolute atomic E-state index is 12.4. The van der Waals surface area contributed by atoms with Crippen LogP contribution in [0.1, 0.15) is 20.3 Å². The van der Waals surface area contributed by atoms with Gasteiger partial charge in [-0.2, -0.15) is 9.57 Å². The van der Waals surface area contributed by atoms with Crippen molar-refractivity contribution in [2.45, 2.75) is 25.8 Å². The van der Waals surface area contributed by atoms with Crippen LogP contribution in [0.15, 0.2) is 43.0 Å². The molecule has 0 unspecified atom stereocenters. The lowest BCUT2D eigenvalue weighted by molar-refractivity contribution is 0.0893. The first kappa shape index (κ1) is 21.4. The van der Waals surface area contributed by atoms with Gasteiger partial charge in [0.15, 0.2) is 0 Å². The fourth-order valence-electron chi connectivity index (χ4n) is 4.62. The number of nitrogens with zero attached hydrogens (tertiary/aromatic N) is 5. The summed E-state index contributed by atoms with van der Waals surface area (Å²) in [4.78, 5) is 12.0. The lowest BCUT2D eigenvalue weighted by atomic mass is 9.88. The molecule has 0 atom stereocenters. The monoisotopic (exact) mass is 464 g/mol. The number of ether oxygens (including phenoxy) is 1. The van der Waals surface area contributed by atoms with Crippen molar-refractivity contribution in [1.29, 1.82) is 5.26 Å². The molecule has 1 fully saturated rings. The van der Waals surface area contributed by atoms with Crippen molar-refractivity contribution in [1.82, 2.24) is 23.8 Å². The van der Waals surface area contributed by atoms with Crippen molar-refractivity contribution >= 4 is 32.0 Å². The Bertz CT molecular complexity index is 1490. The Morgan fingerprint density at radius 1 is 1.21 bits per heavy atom. The van der Waals surface area contributed by atoms with Gasteiger partial charge in [-0.25, -0.2) is 18.4 Å². The first-order chi connectivity index (χ1) is 15.9. The van der Waals surface area contributed by atoms with Gasteiger partial charge in [0.05, 0.1) is 41.6 Å². The molecule has 9 nitrogen and oxygen atoms in total. The van der Waals surface area contributed by atoms with Crippen LogP contribution in [0, 0.1) is 11.3 Å². The van der Waals surface area contributed by atoms with Crippen LogP contribution in [-0.4, -0.2) is 57.7 Å². The zero-order valence-electron chi connectivity index (χ0n) is 18.4. The topological polar surface area (TPSA) is 117 Å². The molecule has 10 heteroatoms. The molecule has 4 heterocycles. The molecule has 1 aliphatic heterocycles. The predicted octanol–water partition coefficient (Wildman–Crippen LogP) is 3.25. The highest BCUT2D eigenvalue weighted by Crippen LogP contribution is 2.42. The third-order valence-corrected chi connectivity index (χ3v) is 8.09. The molecule has 1 aromatic carbocycles. The second kappa shape index (κ2) is 7.86. The van der Waals surface area contributed by atoms with Gasteiger partial charge in [0.1, 0.15) is 17.7 Å². The summed E-state index contributed by atoms with van der Waals surface area (Å²) in [5, 5.41) is 11.5. The van der Waals surface area contributed by atoms with Crippen LogP contribution in [0.2, 0.25) is 0 Å². The van der Waals surface area contributed by atoms with E-state index in [4.69, 9.17) is 4.74 Å². The van der Waals surface area contributed by atoms with Crippen molar-refractivity contribution in [3.05, 3.63) is 43.0 Å². The van der Waals surface area contributed by atoms with E-state index in [1.54, 1.807) is 6.92 Å². The predicted molar refractivity (Wildman–Crippen MR) is 125 cm³/mol. The first-order valence-electron chi connectivity index (χ1n) is 10.8. The summed E-state index contributed by atoms with van der Waals surface area (Å²) in [5.41, 5.74) is 2.63. The summed E-state index contributed by atoms with van der Waals surface area (Å²) < 4.78 is 34.1. The van der Waals surface area contributed by atoms with Crippen LogP contribution in [0.4, 0.5) is 0 Å². The molecule has 0 bridgehead atoms. The molecule has 0 spiro atoms. The Labute approximate surface area is 191 Å². The van der Waals surface area contributed by atoms with E-state index in [1.165, 1.54) is 10.6 Å². The van der Waals surface area contributed by atoms with E-state index in [2.05, 4.69) is 21.0 Å². The summed E-state index contributed by atoms with van der Waals surface area (Å²) >= 11 is 0. The van der Waals surface area contributed by atoms with Crippen LogP contribution >= 0.6 is 0 Å². The summed E-state index contributed by atoms with van der Waals surface area (Å²) in [6.45, 7) is 4.59. The van der Waals surface area contributed by atoms with Crippen LogP contribution in [-0.2, 0) is 15.6 Å². The molecule has 4 aromatic rings. The number of nitrogens with one attached hydrogen (secondary N) is 1. The van der Waals surface area contributed by atoms with E-state index in [0.29, 0.717) is 6.61 Å². The highest BCUT2D eigenvalue weighted by Gasteiger charge is 2.49. The van der Waals surface area contributed by atoms with Gasteiger partial charge in [-0.15, -0.1) is 0 Å². The maximum atomic E-state index is 12.4. The number of hydrogen-bond acceptors (Lipinski definition) is 6. The van der Waals surface area contributed by atoms with Gasteiger partial charge in [-0.05, 0) is 32.0 Å². The molecular formula is C23H24N6O3S. The quantitative estimate of drug-likeness (QED) is 0.449.